The maximum absolute atomic E-state index is 11.7. The third kappa shape index (κ3) is 8.43. The summed E-state index contributed by atoms with van der Waals surface area (Å²) < 4.78 is 11.0. The minimum absolute atomic E-state index is 0.122. The highest BCUT2D eigenvalue weighted by molar-refractivity contribution is 5.69. The quantitative estimate of drug-likeness (QED) is 0.550. The highest BCUT2D eigenvalue weighted by atomic mass is 16.6. The van der Waals surface area contributed by atoms with E-state index in [4.69, 9.17) is 15.2 Å². The Morgan fingerprint density at radius 2 is 2.09 bits per heavy atom. The fourth-order valence-electron chi connectivity index (χ4n) is 2.22. The molecule has 1 atom stereocenters. The second-order valence-corrected chi connectivity index (χ2v) is 6.82. The van der Waals surface area contributed by atoms with E-state index in [2.05, 4.69) is 11.9 Å². The van der Waals surface area contributed by atoms with Gasteiger partial charge >= 0.3 is 5.97 Å². The maximum atomic E-state index is 11.7. The Kier molecular flexibility index (Phi) is 7.86. The third-order valence-electron chi connectivity index (χ3n) is 3.50. The smallest absolute Gasteiger partial charge is 0.306 e. The van der Waals surface area contributed by atoms with Crippen molar-refractivity contribution in [3.05, 3.63) is 18.3 Å². The van der Waals surface area contributed by atoms with E-state index in [0.29, 0.717) is 30.5 Å². The van der Waals surface area contributed by atoms with Crippen LogP contribution in [0.15, 0.2) is 18.3 Å². The molecule has 2 N–H and O–H groups in total. The zero-order chi connectivity index (χ0) is 17.3. The second kappa shape index (κ2) is 9.38. The lowest BCUT2D eigenvalue weighted by atomic mass is 9.99. The molecule has 0 saturated carbocycles. The van der Waals surface area contributed by atoms with Crippen molar-refractivity contribution in [3.8, 4) is 5.88 Å². The van der Waals surface area contributed by atoms with E-state index in [9.17, 15) is 4.79 Å². The van der Waals surface area contributed by atoms with Gasteiger partial charge in [-0.3, -0.25) is 4.79 Å². The fraction of sp³-hybridized carbons (Fsp3) is 0.667. The van der Waals surface area contributed by atoms with Gasteiger partial charge in [-0.25, -0.2) is 4.98 Å². The van der Waals surface area contributed by atoms with Gasteiger partial charge in [0.25, 0.3) is 0 Å². The van der Waals surface area contributed by atoms with E-state index >= 15 is 0 Å². The van der Waals surface area contributed by atoms with Gasteiger partial charge in [0.1, 0.15) is 5.60 Å². The number of esters is 1. The number of carbonyl (C=O) groups is 1. The molecule has 0 aliphatic carbocycles. The van der Waals surface area contributed by atoms with Crippen LogP contribution in [-0.4, -0.2) is 23.2 Å². The number of hydrogen-bond donors (Lipinski definition) is 1. The Hall–Kier alpha value is -1.78. The predicted molar refractivity (Wildman–Crippen MR) is 92.2 cm³/mol. The lowest BCUT2D eigenvalue weighted by Crippen LogP contribution is -2.23. The molecular formula is C18H30N2O3. The number of nitrogens with two attached hydrogens (primary N) is 1. The Labute approximate surface area is 139 Å². The normalized spacial score (nSPS) is 12.7. The van der Waals surface area contributed by atoms with Crippen LogP contribution in [-0.2, 0) is 9.53 Å². The Balaban J connectivity index is 2.24. The summed E-state index contributed by atoms with van der Waals surface area (Å²) in [5.41, 5.74) is 5.97. The number of nitrogen functional groups attached to an aromatic ring is 1. The largest absolute Gasteiger partial charge is 0.476 e. The number of pyridine rings is 1. The first-order valence-electron chi connectivity index (χ1n) is 8.37. The monoisotopic (exact) mass is 322 g/mol. The van der Waals surface area contributed by atoms with E-state index in [0.717, 1.165) is 25.7 Å². The van der Waals surface area contributed by atoms with E-state index in [1.54, 1.807) is 18.3 Å². The van der Waals surface area contributed by atoms with Crippen molar-refractivity contribution in [2.24, 2.45) is 5.92 Å². The van der Waals surface area contributed by atoms with Gasteiger partial charge in [-0.1, -0.05) is 19.8 Å². The Morgan fingerprint density at radius 1 is 1.35 bits per heavy atom. The molecule has 0 aliphatic heterocycles. The van der Waals surface area contributed by atoms with E-state index in [-0.39, 0.29) is 5.97 Å². The number of carbonyl (C=O) groups excluding carboxylic acids is 1. The number of anilines is 1. The minimum Gasteiger partial charge on any atom is -0.476 e. The summed E-state index contributed by atoms with van der Waals surface area (Å²) in [6.07, 6.45) is 6.02. The molecule has 1 rings (SSSR count). The van der Waals surface area contributed by atoms with Crippen LogP contribution in [0.5, 0.6) is 5.88 Å². The molecule has 5 nitrogen and oxygen atoms in total. The first-order valence-corrected chi connectivity index (χ1v) is 8.37. The molecule has 1 heterocycles. The summed E-state index contributed by atoms with van der Waals surface area (Å²) >= 11 is 0. The lowest BCUT2D eigenvalue weighted by Gasteiger charge is -2.19. The Bertz CT molecular complexity index is 483. The van der Waals surface area contributed by atoms with Crippen LogP contribution in [0, 0.1) is 5.92 Å². The summed E-state index contributed by atoms with van der Waals surface area (Å²) in [6.45, 7) is 8.41. The van der Waals surface area contributed by atoms with Crippen molar-refractivity contribution >= 4 is 11.7 Å². The molecule has 0 aromatic carbocycles. The molecule has 0 bridgehead atoms. The topological polar surface area (TPSA) is 74.4 Å². The van der Waals surface area contributed by atoms with Crippen molar-refractivity contribution in [3.63, 3.8) is 0 Å². The molecule has 5 heteroatoms. The zero-order valence-electron chi connectivity index (χ0n) is 14.8. The van der Waals surface area contributed by atoms with Gasteiger partial charge in [-0.2, -0.15) is 0 Å². The molecule has 0 aliphatic rings. The molecule has 0 amide bonds. The molecule has 0 fully saturated rings. The summed E-state index contributed by atoms with van der Waals surface area (Å²) in [4.78, 5) is 15.8. The first-order chi connectivity index (χ1) is 10.8. The van der Waals surface area contributed by atoms with Gasteiger partial charge in [-0.05, 0) is 51.7 Å². The molecular weight excluding hydrogens is 292 g/mol. The van der Waals surface area contributed by atoms with Crippen LogP contribution >= 0.6 is 0 Å². The van der Waals surface area contributed by atoms with Crippen LogP contribution in [0.3, 0.4) is 0 Å². The molecule has 1 aromatic rings. The van der Waals surface area contributed by atoms with Crippen molar-refractivity contribution < 1.29 is 14.3 Å². The van der Waals surface area contributed by atoms with Crippen molar-refractivity contribution in [2.75, 3.05) is 12.3 Å². The number of unbranched alkanes of at least 4 members (excludes halogenated alkanes) is 1. The van der Waals surface area contributed by atoms with Gasteiger partial charge in [0.15, 0.2) is 0 Å². The van der Waals surface area contributed by atoms with Gasteiger partial charge < -0.3 is 15.2 Å². The van der Waals surface area contributed by atoms with Gasteiger partial charge in [0, 0.05) is 12.6 Å². The van der Waals surface area contributed by atoms with Crippen molar-refractivity contribution in [2.45, 2.75) is 65.4 Å². The summed E-state index contributed by atoms with van der Waals surface area (Å²) in [5, 5.41) is 0. The van der Waals surface area contributed by atoms with Crippen LogP contribution in [0.2, 0.25) is 0 Å². The van der Waals surface area contributed by atoms with Crippen LogP contribution < -0.4 is 10.5 Å². The lowest BCUT2D eigenvalue weighted by molar-refractivity contribution is -0.154. The average Bonchev–Trinajstić information content (AvgIpc) is 2.46. The van der Waals surface area contributed by atoms with Gasteiger partial charge in [-0.15, -0.1) is 0 Å². The van der Waals surface area contributed by atoms with Crippen molar-refractivity contribution in [1.29, 1.82) is 0 Å². The zero-order valence-corrected chi connectivity index (χ0v) is 14.8. The van der Waals surface area contributed by atoms with Crippen molar-refractivity contribution in [1.82, 2.24) is 4.98 Å². The first kappa shape index (κ1) is 19.3. The van der Waals surface area contributed by atoms with E-state index < -0.39 is 5.60 Å². The molecule has 23 heavy (non-hydrogen) atoms. The number of hydrogen-bond acceptors (Lipinski definition) is 5. The maximum Gasteiger partial charge on any atom is 0.306 e. The molecule has 1 unspecified atom stereocenters. The van der Waals surface area contributed by atoms with Gasteiger partial charge in [0.2, 0.25) is 5.88 Å². The molecule has 1 aromatic heterocycles. The molecule has 130 valence electrons. The second-order valence-electron chi connectivity index (χ2n) is 6.82. The SMILES string of the molecule is CCC(CCCCC(=O)OC(C)(C)C)COc1ncccc1N. The van der Waals surface area contributed by atoms with E-state index in [1.807, 2.05) is 20.8 Å². The minimum atomic E-state index is -0.403. The molecule has 0 radical (unpaired) electrons. The summed E-state index contributed by atoms with van der Waals surface area (Å²) in [6, 6.07) is 3.57. The van der Waals surface area contributed by atoms with Crippen LogP contribution in [0.4, 0.5) is 5.69 Å². The summed E-state index contributed by atoms with van der Waals surface area (Å²) in [5.74, 6) is 0.817. The van der Waals surface area contributed by atoms with Gasteiger partial charge in [0.05, 0.1) is 12.3 Å². The number of rotatable bonds is 9. The standard InChI is InChI=1S/C18H30N2O3/c1-5-14(13-22-17-15(19)10-8-12-20-17)9-6-7-11-16(21)23-18(2,3)4/h8,10,12,14H,5-7,9,11,13,19H2,1-4H3. The molecule has 0 spiro atoms. The summed E-state index contributed by atoms with van der Waals surface area (Å²) in [7, 11) is 0. The number of aromatic nitrogens is 1. The third-order valence-corrected chi connectivity index (χ3v) is 3.50. The number of nitrogens with zero attached hydrogens (tertiary/aromatic N) is 1. The average molecular weight is 322 g/mol. The highest BCUT2D eigenvalue weighted by Crippen LogP contribution is 2.20. The molecule has 0 saturated heterocycles. The van der Waals surface area contributed by atoms with Crippen LogP contribution in [0.25, 0.3) is 0 Å². The fourth-order valence-corrected chi connectivity index (χ4v) is 2.22. The van der Waals surface area contributed by atoms with Crippen LogP contribution in [0.1, 0.15) is 59.8 Å². The predicted octanol–water partition coefficient (Wildman–Crippen LogP) is 3.97. The van der Waals surface area contributed by atoms with E-state index in [1.165, 1.54) is 0 Å². The highest BCUT2D eigenvalue weighted by Gasteiger charge is 2.16. The Morgan fingerprint density at radius 3 is 2.70 bits per heavy atom. The number of ether oxygens (including phenoxy) is 2.